The van der Waals surface area contributed by atoms with Gasteiger partial charge in [-0.25, -0.2) is 0 Å². The van der Waals surface area contributed by atoms with Crippen molar-refractivity contribution in [2.45, 2.75) is 13.0 Å². The van der Waals surface area contributed by atoms with Crippen LogP contribution in [0.1, 0.15) is 6.92 Å². The van der Waals surface area contributed by atoms with Crippen LogP contribution in [0.15, 0.2) is 52.1 Å². The first-order valence-corrected chi connectivity index (χ1v) is 8.96. The molecular weight excluding hydrogens is 400 g/mol. The summed E-state index contributed by atoms with van der Waals surface area (Å²) in [4.78, 5) is 48.2. The van der Waals surface area contributed by atoms with E-state index in [0.29, 0.717) is 10.8 Å². The fourth-order valence-electron chi connectivity index (χ4n) is 2.64. The Balaban J connectivity index is 1.62. The number of hydrogen-bond donors (Lipinski definition) is 4. The van der Waals surface area contributed by atoms with Crippen LogP contribution in [0.5, 0.6) is 5.75 Å². The number of benzene rings is 2. The molecule has 0 saturated carbocycles. The second-order valence-electron chi connectivity index (χ2n) is 6.12. The number of aromatic nitrogens is 2. The molecule has 0 aliphatic carbocycles. The summed E-state index contributed by atoms with van der Waals surface area (Å²) in [7, 11) is 0. The van der Waals surface area contributed by atoms with Crippen LogP contribution in [-0.2, 0) is 9.59 Å². The number of carbonyl (C=O) groups excluding carboxylic acids is 2. The van der Waals surface area contributed by atoms with Crippen LogP contribution in [0, 0.1) is 0 Å². The molecule has 3 rings (SSSR count). The van der Waals surface area contributed by atoms with E-state index in [9.17, 15) is 19.2 Å². The van der Waals surface area contributed by atoms with Crippen molar-refractivity contribution in [1.29, 1.82) is 0 Å². The zero-order chi connectivity index (χ0) is 21.0. The van der Waals surface area contributed by atoms with E-state index >= 15 is 0 Å². The number of nitrogens with one attached hydrogen (secondary N) is 4. The normalized spacial score (nSPS) is 11.7. The zero-order valence-corrected chi connectivity index (χ0v) is 16.0. The number of anilines is 1. The van der Waals surface area contributed by atoms with Gasteiger partial charge in [0.05, 0.1) is 23.0 Å². The lowest BCUT2D eigenvalue weighted by molar-refractivity contribution is -0.129. The lowest BCUT2D eigenvalue weighted by atomic mass is 10.1. The van der Waals surface area contributed by atoms with Gasteiger partial charge in [-0.15, -0.1) is 0 Å². The first-order valence-electron chi connectivity index (χ1n) is 8.58. The quantitative estimate of drug-likeness (QED) is 0.482. The highest BCUT2D eigenvalue weighted by atomic mass is 35.5. The number of rotatable bonds is 6. The average molecular weight is 417 g/mol. The molecule has 1 heterocycles. The zero-order valence-electron chi connectivity index (χ0n) is 15.2. The first kappa shape index (κ1) is 20.2. The van der Waals surface area contributed by atoms with Crippen LogP contribution in [0.2, 0.25) is 5.02 Å². The molecule has 0 unspecified atom stereocenters. The number of ether oxygens (including phenoxy) is 1. The van der Waals surface area contributed by atoms with Crippen molar-refractivity contribution in [3.05, 3.63) is 68.2 Å². The van der Waals surface area contributed by atoms with Crippen molar-refractivity contribution in [3.8, 4) is 5.75 Å². The number of H-pyrrole nitrogens is 2. The van der Waals surface area contributed by atoms with E-state index in [-0.39, 0.29) is 23.0 Å². The summed E-state index contributed by atoms with van der Waals surface area (Å²) >= 11 is 5.87. The molecule has 9 nitrogen and oxygen atoms in total. The van der Waals surface area contributed by atoms with Crippen LogP contribution in [0.3, 0.4) is 0 Å². The van der Waals surface area contributed by atoms with Gasteiger partial charge in [0.2, 0.25) is 5.91 Å². The highest BCUT2D eigenvalue weighted by Gasteiger charge is 2.17. The molecule has 4 N–H and O–H groups in total. The van der Waals surface area contributed by atoms with Gasteiger partial charge < -0.3 is 15.4 Å². The number of hydrogen-bond acceptors (Lipinski definition) is 5. The maximum atomic E-state index is 12.2. The molecule has 1 atom stereocenters. The summed E-state index contributed by atoms with van der Waals surface area (Å²) < 4.78 is 5.48. The Hall–Kier alpha value is -3.59. The smallest absolute Gasteiger partial charge is 0.272 e. The Kier molecular flexibility index (Phi) is 5.99. The van der Waals surface area contributed by atoms with Crippen molar-refractivity contribution in [2.75, 3.05) is 11.9 Å². The molecule has 0 bridgehead atoms. The Morgan fingerprint density at radius 2 is 1.83 bits per heavy atom. The number of fused-ring (bicyclic) bond motifs is 1. The third kappa shape index (κ3) is 4.82. The molecule has 29 heavy (non-hydrogen) atoms. The molecule has 2 amide bonds. The molecule has 0 aliphatic rings. The topological polar surface area (TPSA) is 133 Å². The minimum Gasteiger partial charge on any atom is -0.481 e. The van der Waals surface area contributed by atoms with Gasteiger partial charge in [-0.1, -0.05) is 23.7 Å². The van der Waals surface area contributed by atoms with E-state index in [4.69, 9.17) is 16.3 Å². The van der Waals surface area contributed by atoms with Gasteiger partial charge >= 0.3 is 0 Å². The van der Waals surface area contributed by atoms with E-state index in [2.05, 4.69) is 20.8 Å². The van der Waals surface area contributed by atoms with Crippen LogP contribution in [0.25, 0.3) is 10.8 Å². The highest BCUT2D eigenvalue weighted by Crippen LogP contribution is 2.18. The summed E-state index contributed by atoms with van der Waals surface area (Å²) in [5, 5.41) is 10.0. The summed E-state index contributed by atoms with van der Waals surface area (Å²) in [5.41, 5.74) is -0.878. The van der Waals surface area contributed by atoms with Gasteiger partial charge in [0.1, 0.15) is 5.75 Å². The Labute approximate surface area is 169 Å². The lowest BCUT2D eigenvalue weighted by Crippen LogP contribution is -2.40. The second kappa shape index (κ2) is 8.61. The minimum atomic E-state index is -0.861. The van der Waals surface area contributed by atoms with Crippen LogP contribution >= 0.6 is 11.6 Å². The molecule has 0 spiro atoms. The predicted octanol–water partition coefficient (Wildman–Crippen LogP) is 1.39. The predicted molar refractivity (Wildman–Crippen MR) is 108 cm³/mol. The van der Waals surface area contributed by atoms with Crippen molar-refractivity contribution in [3.63, 3.8) is 0 Å². The standard InChI is InChI=1S/C19H17ClN4O5/c1-10(29-12-5-2-4-11(20)8-12)17(26)21-9-15(25)22-14-7-3-6-13-16(14)19(28)24-23-18(13)27/h2-8,10H,9H2,1H3,(H,21,26)(H,22,25)(H,23,27)(H,24,28)/t10-/m1/s1. The van der Waals surface area contributed by atoms with Crippen LogP contribution in [0.4, 0.5) is 5.69 Å². The van der Waals surface area contributed by atoms with Gasteiger partial charge in [-0.2, -0.15) is 0 Å². The van der Waals surface area contributed by atoms with Crippen LogP contribution in [-0.4, -0.2) is 34.7 Å². The number of carbonyl (C=O) groups is 2. The fraction of sp³-hybridized carbons (Fsp3) is 0.158. The monoisotopic (exact) mass is 416 g/mol. The van der Waals surface area contributed by atoms with Gasteiger partial charge in [0.15, 0.2) is 6.10 Å². The van der Waals surface area contributed by atoms with E-state index in [1.165, 1.54) is 25.1 Å². The van der Waals surface area contributed by atoms with Gasteiger partial charge in [0, 0.05) is 5.02 Å². The Morgan fingerprint density at radius 3 is 2.59 bits per heavy atom. The third-order valence-electron chi connectivity index (χ3n) is 4.00. The van der Waals surface area contributed by atoms with Crippen molar-refractivity contribution >= 4 is 39.9 Å². The van der Waals surface area contributed by atoms with Gasteiger partial charge in [-0.3, -0.25) is 29.4 Å². The Morgan fingerprint density at radius 1 is 1.10 bits per heavy atom. The van der Waals surface area contributed by atoms with Gasteiger partial charge in [0.25, 0.3) is 17.0 Å². The summed E-state index contributed by atoms with van der Waals surface area (Å²) in [6.07, 6.45) is -0.861. The maximum Gasteiger partial charge on any atom is 0.272 e. The fourth-order valence-corrected chi connectivity index (χ4v) is 2.82. The average Bonchev–Trinajstić information content (AvgIpc) is 2.69. The largest absolute Gasteiger partial charge is 0.481 e. The Bertz CT molecular complexity index is 1190. The van der Waals surface area contributed by atoms with Crippen molar-refractivity contribution in [1.82, 2.24) is 15.5 Å². The van der Waals surface area contributed by atoms with Crippen molar-refractivity contribution in [2.24, 2.45) is 0 Å². The molecule has 2 aromatic carbocycles. The van der Waals surface area contributed by atoms with Gasteiger partial charge in [-0.05, 0) is 37.3 Å². The molecule has 1 aromatic heterocycles. The summed E-state index contributed by atoms with van der Waals surface area (Å²) in [5.74, 6) is -0.655. The highest BCUT2D eigenvalue weighted by molar-refractivity contribution is 6.30. The van der Waals surface area contributed by atoms with E-state index in [1.807, 2.05) is 0 Å². The molecule has 0 radical (unpaired) electrons. The van der Waals surface area contributed by atoms with E-state index in [0.717, 1.165) is 0 Å². The molecule has 10 heteroatoms. The maximum absolute atomic E-state index is 12.2. The number of amides is 2. The van der Waals surface area contributed by atoms with E-state index in [1.54, 1.807) is 24.3 Å². The SMILES string of the molecule is C[C@@H](Oc1cccc(Cl)c1)C(=O)NCC(=O)Nc1cccc2c(=O)[nH][nH]c(=O)c12. The molecule has 3 aromatic rings. The minimum absolute atomic E-state index is 0.0496. The lowest BCUT2D eigenvalue weighted by Gasteiger charge is -2.15. The molecule has 0 fully saturated rings. The second-order valence-corrected chi connectivity index (χ2v) is 6.56. The third-order valence-corrected chi connectivity index (χ3v) is 4.24. The van der Waals surface area contributed by atoms with E-state index < -0.39 is 29.0 Å². The molecule has 0 aliphatic heterocycles. The van der Waals surface area contributed by atoms with Crippen molar-refractivity contribution < 1.29 is 14.3 Å². The summed E-state index contributed by atoms with van der Waals surface area (Å²) in [6.45, 7) is 1.18. The summed E-state index contributed by atoms with van der Waals surface area (Å²) in [6, 6.07) is 11.1. The van der Waals surface area contributed by atoms with Crippen LogP contribution < -0.4 is 26.5 Å². The number of halogens is 1. The molecule has 0 saturated heterocycles. The number of aromatic amines is 2. The molecular formula is C19H17ClN4O5. The molecule has 150 valence electrons. The first-order chi connectivity index (χ1) is 13.8.